The molecule has 0 aromatic rings. The molecule has 3 nitrogen and oxygen atoms in total. The van der Waals surface area contributed by atoms with Gasteiger partial charge in [0.25, 0.3) is 0 Å². The summed E-state index contributed by atoms with van der Waals surface area (Å²) >= 11 is -0.629. The topological polar surface area (TPSA) is 60.4 Å². The van der Waals surface area contributed by atoms with Crippen LogP contribution in [0.5, 0.6) is 0 Å². The predicted octanol–water partition coefficient (Wildman–Crippen LogP) is 2.57. The van der Waals surface area contributed by atoms with Gasteiger partial charge in [0.05, 0.1) is 0 Å². The summed E-state index contributed by atoms with van der Waals surface area (Å²) in [7, 11) is 0. The molecule has 1 unspecified atom stereocenters. The molecule has 1 N–H and O–H groups in total. The van der Waals surface area contributed by atoms with E-state index in [-0.39, 0.29) is 6.42 Å². The number of hydrogen-bond donors (Lipinski definition) is 1. The summed E-state index contributed by atoms with van der Waals surface area (Å²) in [4.78, 5) is 10.2. The third-order valence-corrected chi connectivity index (χ3v) is 3.80. The van der Waals surface area contributed by atoms with Gasteiger partial charge in [0.2, 0.25) is 0 Å². The minimum absolute atomic E-state index is 0.280. The molecule has 15 heavy (non-hydrogen) atoms. The molecule has 0 bridgehead atoms. The molecule has 0 heterocycles. The molecular weight excluding hydrogens is 212 g/mol. The van der Waals surface area contributed by atoms with Crippen LogP contribution in [0.3, 0.4) is 0 Å². The number of hydrogen-bond acceptors (Lipinski definition) is 2. The van der Waals surface area contributed by atoms with Crippen molar-refractivity contribution in [2.75, 3.05) is 11.5 Å². The molecule has 0 aromatic heterocycles. The molecule has 90 valence electrons. The predicted molar refractivity (Wildman–Crippen MR) is 63.5 cm³/mol. The fraction of sp³-hybridized carbons (Fsp3) is 0.909. The highest BCUT2D eigenvalue weighted by molar-refractivity contribution is 7.91. The fourth-order valence-electron chi connectivity index (χ4n) is 1.40. The van der Waals surface area contributed by atoms with Crippen LogP contribution in [-0.4, -0.2) is 27.1 Å². The van der Waals surface area contributed by atoms with E-state index >= 15 is 0 Å². The SMILES string of the molecule is CCC[S+]([O-])CCCCCCCC(=O)O. The first kappa shape index (κ1) is 14.8. The van der Waals surface area contributed by atoms with Crippen molar-refractivity contribution >= 4 is 17.1 Å². The number of aliphatic carboxylic acids is 1. The van der Waals surface area contributed by atoms with Gasteiger partial charge in [0.1, 0.15) is 11.5 Å². The van der Waals surface area contributed by atoms with Crippen molar-refractivity contribution in [2.24, 2.45) is 0 Å². The largest absolute Gasteiger partial charge is 0.616 e. The maximum atomic E-state index is 11.3. The van der Waals surface area contributed by atoms with Crippen molar-refractivity contribution in [3.8, 4) is 0 Å². The van der Waals surface area contributed by atoms with Gasteiger partial charge in [-0.25, -0.2) is 0 Å². The Morgan fingerprint density at radius 3 is 2.33 bits per heavy atom. The number of carboxylic acid groups (broad SMARTS) is 1. The second kappa shape index (κ2) is 10.3. The first-order valence-electron chi connectivity index (χ1n) is 5.73. The van der Waals surface area contributed by atoms with Crippen LogP contribution in [0.4, 0.5) is 0 Å². The summed E-state index contributed by atoms with van der Waals surface area (Å²) in [6, 6.07) is 0. The van der Waals surface area contributed by atoms with Gasteiger partial charge in [0.15, 0.2) is 0 Å². The standard InChI is InChI=1S/C11H22O3S/c1-2-9-15(14)10-7-5-3-4-6-8-11(12)13/h2-10H2,1H3,(H,12,13). The lowest BCUT2D eigenvalue weighted by Crippen LogP contribution is -2.10. The number of unbranched alkanes of at least 4 members (excludes halogenated alkanes) is 4. The zero-order valence-corrected chi connectivity index (χ0v) is 10.4. The molecule has 0 saturated heterocycles. The highest BCUT2D eigenvalue weighted by Gasteiger charge is 2.03. The smallest absolute Gasteiger partial charge is 0.303 e. The van der Waals surface area contributed by atoms with Crippen molar-refractivity contribution < 1.29 is 14.5 Å². The van der Waals surface area contributed by atoms with Crippen molar-refractivity contribution in [3.05, 3.63) is 0 Å². The molecule has 0 saturated carbocycles. The average Bonchev–Trinajstić information content (AvgIpc) is 2.16. The molecule has 0 aliphatic rings. The molecule has 0 fully saturated rings. The van der Waals surface area contributed by atoms with Crippen molar-refractivity contribution in [1.29, 1.82) is 0 Å². The first-order chi connectivity index (χ1) is 7.16. The highest BCUT2D eigenvalue weighted by atomic mass is 32.2. The lowest BCUT2D eigenvalue weighted by atomic mass is 10.1. The summed E-state index contributed by atoms with van der Waals surface area (Å²) in [6.07, 6.45) is 6.18. The van der Waals surface area contributed by atoms with E-state index in [1.54, 1.807) is 0 Å². The third kappa shape index (κ3) is 11.7. The molecule has 0 spiro atoms. The molecule has 0 aliphatic heterocycles. The third-order valence-electron chi connectivity index (χ3n) is 2.19. The highest BCUT2D eigenvalue weighted by Crippen LogP contribution is 2.07. The number of rotatable bonds is 10. The summed E-state index contributed by atoms with van der Waals surface area (Å²) in [5.41, 5.74) is 0. The normalized spacial score (nSPS) is 12.7. The quantitative estimate of drug-likeness (QED) is 0.467. The number of carboxylic acids is 1. The van der Waals surface area contributed by atoms with Gasteiger partial charge in [-0.05, 0) is 25.7 Å². The molecule has 0 aromatic carbocycles. The molecular formula is C11H22O3S. The van der Waals surface area contributed by atoms with Crippen LogP contribution in [0.1, 0.15) is 51.9 Å². The van der Waals surface area contributed by atoms with E-state index in [2.05, 4.69) is 0 Å². The Bertz CT molecular complexity index is 162. The van der Waals surface area contributed by atoms with Gasteiger partial charge in [-0.2, -0.15) is 0 Å². The van der Waals surface area contributed by atoms with Gasteiger partial charge in [-0.3, -0.25) is 4.79 Å². The summed E-state index contributed by atoms with van der Waals surface area (Å²) < 4.78 is 11.3. The maximum Gasteiger partial charge on any atom is 0.303 e. The summed E-state index contributed by atoms with van der Waals surface area (Å²) in [5, 5.41) is 8.41. The fourth-order valence-corrected chi connectivity index (χ4v) is 2.58. The molecule has 1 atom stereocenters. The van der Waals surface area contributed by atoms with E-state index < -0.39 is 17.1 Å². The van der Waals surface area contributed by atoms with Crippen LogP contribution >= 0.6 is 0 Å². The summed E-state index contributed by atoms with van der Waals surface area (Å²) in [5.74, 6) is 0.922. The Labute approximate surface area is 95.4 Å². The zero-order chi connectivity index (χ0) is 11.5. The van der Waals surface area contributed by atoms with E-state index in [0.29, 0.717) is 0 Å². The van der Waals surface area contributed by atoms with Gasteiger partial charge in [0, 0.05) is 6.42 Å². The van der Waals surface area contributed by atoms with Crippen LogP contribution in [0, 0.1) is 0 Å². The van der Waals surface area contributed by atoms with Gasteiger partial charge in [-0.1, -0.05) is 30.9 Å². The molecule has 0 radical (unpaired) electrons. The van der Waals surface area contributed by atoms with E-state index in [9.17, 15) is 9.35 Å². The van der Waals surface area contributed by atoms with Crippen molar-refractivity contribution in [2.45, 2.75) is 51.9 Å². The minimum Gasteiger partial charge on any atom is -0.616 e. The lowest BCUT2D eigenvalue weighted by molar-refractivity contribution is -0.137. The van der Waals surface area contributed by atoms with Crippen LogP contribution < -0.4 is 0 Å². The van der Waals surface area contributed by atoms with Crippen molar-refractivity contribution in [3.63, 3.8) is 0 Å². The Morgan fingerprint density at radius 2 is 1.73 bits per heavy atom. The Morgan fingerprint density at radius 1 is 1.13 bits per heavy atom. The molecule has 0 aliphatic carbocycles. The summed E-state index contributed by atoms with van der Waals surface area (Å²) in [6.45, 7) is 2.05. The minimum atomic E-state index is -0.709. The molecule has 4 heteroatoms. The molecule has 0 rings (SSSR count). The van der Waals surface area contributed by atoms with Crippen LogP contribution in [0.2, 0.25) is 0 Å². The second-order valence-electron chi connectivity index (χ2n) is 3.76. The van der Waals surface area contributed by atoms with Gasteiger partial charge in [-0.15, -0.1) is 0 Å². The van der Waals surface area contributed by atoms with Crippen molar-refractivity contribution in [1.82, 2.24) is 0 Å². The van der Waals surface area contributed by atoms with E-state index in [0.717, 1.165) is 50.0 Å². The van der Waals surface area contributed by atoms with Crippen LogP contribution in [0.15, 0.2) is 0 Å². The van der Waals surface area contributed by atoms with Crippen LogP contribution in [-0.2, 0) is 16.0 Å². The monoisotopic (exact) mass is 234 g/mol. The second-order valence-corrected chi connectivity index (χ2v) is 5.46. The first-order valence-corrected chi connectivity index (χ1v) is 7.22. The van der Waals surface area contributed by atoms with E-state index in [1.807, 2.05) is 6.92 Å². The van der Waals surface area contributed by atoms with E-state index in [4.69, 9.17) is 5.11 Å². The lowest BCUT2D eigenvalue weighted by Gasteiger charge is -2.09. The van der Waals surface area contributed by atoms with Gasteiger partial charge >= 0.3 is 5.97 Å². The Hall–Kier alpha value is -0.220. The Kier molecular flexibility index (Phi) is 10.2. The van der Waals surface area contributed by atoms with Crippen LogP contribution in [0.25, 0.3) is 0 Å². The maximum absolute atomic E-state index is 11.3. The zero-order valence-electron chi connectivity index (χ0n) is 9.54. The Balaban J connectivity index is 3.07. The molecule has 0 amide bonds. The number of carbonyl (C=O) groups is 1. The average molecular weight is 234 g/mol. The van der Waals surface area contributed by atoms with Gasteiger partial charge < -0.3 is 9.66 Å². The van der Waals surface area contributed by atoms with E-state index in [1.165, 1.54) is 0 Å².